The molecule has 3 heterocycles. The minimum atomic E-state index is 1.03. The predicted octanol–water partition coefficient (Wildman–Crippen LogP) is 3.13. The Morgan fingerprint density at radius 1 is 0.889 bits per heavy atom. The number of benzene rings is 1. The van der Waals surface area contributed by atoms with Crippen LogP contribution in [0.2, 0.25) is 0 Å². The highest BCUT2D eigenvalue weighted by Gasteiger charge is 1.89. The van der Waals surface area contributed by atoms with Gasteiger partial charge in [0.25, 0.3) is 0 Å². The molecule has 0 radical (unpaired) electrons. The van der Waals surface area contributed by atoms with Crippen molar-refractivity contribution in [1.29, 1.82) is 0 Å². The first-order valence-corrected chi connectivity index (χ1v) is 5.70. The molecule has 0 spiro atoms. The molecule has 0 saturated carbocycles. The zero-order valence-corrected chi connectivity index (χ0v) is 9.67. The smallest absolute Gasteiger partial charge is 0.0878 e. The quantitative estimate of drug-likeness (QED) is 0.493. The summed E-state index contributed by atoms with van der Waals surface area (Å²) in [7, 11) is 0. The van der Waals surface area contributed by atoms with Gasteiger partial charge >= 0.3 is 0 Å². The standard InChI is InChI=1S/2C7H6N2/c1-2-6-7(8-4-1)3-5-9-6;1-2-4-7-6(3-1)5-8-9-7/h1-5,9H;1-5H,(H,8,9). The Hall–Kier alpha value is -2.62. The number of para-hydroxylation sites is 1. The fraction of sp³-hybridized carbons (Fsp3) is 0. The van der Waals surface area contributed by atoms with Crippen LogP contribution in [0, 0.1) is 0 Å². The minimum Gasteiger partial charge on any atom is -0.360 e. The van der Waals surface area contributed by atoms with Gasteiger partial charge in [0.1, 0.15) is 0 Å². The molecule has 0 bridgehead atoms. The summed E-state index contributed by atoms with van der Waals surface area (Å²) in [6.07, 6.45) is 5.49. The molecule has 88 valence electrons. The summed E-state index contributed by atoms with van der Waals surface area (Å²) in [6.45, 7) is 0. The van der Waals surface area contributed by atoms with E-state index in [1.807, 2.05) is 54.9 Å². The largest absolute Gasteiger partial charge is 0.360 e. The van der Waals surface area contributed by atoms with Crippen molar-refractivity contribution < 1.29 is 0 Å². The van der Waals surface area contributed by atoms with Gasteiger partial charge in [0.05, 0.1) is 22.7 Å². The predicted molar refractivity (Wildman–Crippen MR) is 72.2 cm³/mol. The Morgan fingerprint density at radius 3 is 2.67 bits per heavy atom. The number of aromatic amines is 2. The second-order valence-corrected chi connectivity index (χ2v) is 3.87. The average Bonchev–Trinajstić information content (AvgIpc) is 3.08. The lowest BCUT2D eigenvalue weighted by molar-refractivity contribution is 1.12. The zero-order chi connectivity index (χ0) is 12.2. The summed E-state index contributed by atoms with van der Waals surface area (Å²) >= 11 is 0. The van der Waals surface area contributed by atoms with Gasteiger partial charge in [0.2, 0.25) is 0 Å². The van der Waals surface area contributed by atoms with E-state index in [2.05, 4.69) is 20.2 Å². The van der Waals surface area contributed by atoms with Crippen LogP contribution in [0.5, 0.6) is 0 Å². The lowest BCUT2D eigenvalue weighted by Crippen LogP contribution is -1.68. The lowest BCUT2D eigenvalue weighted by atomic mass is 10.3. The van der Waals surface area contributed by atoms with Gasteiger partial charge in [-0.25, -0.2) is 0 Å². The molecule has 1 aromatic carbocycles. The molecule has 0 atom stereocenters. The van der Waals surface area contributed by atoms with Gasteiger partial charge in [-0.05, 0) is 24.3 Å². The monoisotopic (exact) mass is 236 g/mol. The number of nitrogens with one attached hydrogen (secondary N) is 2. The molecular weight excluding hydrogens is 224 g/mol. The van der Waals surface area contributed by atoms with Crippen LogP contribution in [-0.2, 0) is 0 Å². The van der Waals surface area contributed by atoms with Crippen LogP contribution in [0.25, 0.3) is 21.9 Å². The maximum Gasteiger partial charge on any atom is 0.0878 e. The summed E-state index contributed by atoms with van der Waals surface area (Å²) in [4.78, 5) is 7.17. The van der Waals surface area contributed by atoms with E-state index in [0.717, 1.165) is 21.9 Å². The number of H-pyrrole nitrogens is 2. The summed E-state index contributed by atoms with van der Waals surface area (Å²) < 4.78 is 0. The van der Waals surface area contributed by atoms with Gasteiger partial charge < -0.3 is 4.98 Å². The third-order valence-electron chi connectivity index (χ3n) is 2.67. The van der Waals surface area contributed by atoms with E-state index in [1.165, 1.54) is 0 Å². The van der Waals surface area contributed by atoms with E-state index in [9.17, 15) is 0 Å². The molecule has 4 nitrogen and oxygen atoms in total. The number of nitrogens with zero attached hydrogens (tertiary/aromatic N) is 2. The second kappa shape index (κ2) is 4.71. The first-order valence-electron chi connectivity index (χ1n) is 5.70. The van der Waals surface area contributed by atoms with Gasteiger partial charge in [-0.2, -0.15) is 5.10 Å². The van der Waals surface area contributed by atoms with Crippen molar-refractivity contribution in [2.24, 2.45) is 0 Å². The van der Waals surface area contributed by atoms with Gasteiger partial charge in [-0.3, -0.25) is 10.1 Å². The maximum atomic E-state index is 4.11. The first kappa shape index (κ1) is 10.5. The fourth-order valence-corrected chi connectivity index (χ4v) is 1.77. The van der Waals surface area contributed by atoms with Gasteiger partial charge in [-0.15, -0.1) is 0 Å². The molecule has 0 amide bonds. The van der Waals surface area contributed by atoms with Crippen LogP contribution < -0.4 is 0 Å². The summed E-state index contributed by atoms with van der Waals surface area (Å²) in [5.41, 5.74) is 3.22. The number of fused-ring (bicyclic) bond motifs is 2. The van der Waals surface area contributed by atoms with E-state index >= 15 is 0 Å². The third kappa shape index (κ3) is 2.08. The minimum absolute atomic E-state index is 1.03. The van der Waals surface area contributed by atoms with Crippen molar-refractivity contribution in [2.45, 2.75) is 0 Å². The van der Waals surface area contributed by atoms with E-state index in [4.69, 9.17) is 0 Å². The lowest BCUT2D eigenvalue weighted by Gasteiger charge is -1.82. The molecule has 0 unspecified atom stereocenters. The molecular formula is C14H12N4. The normalized spacial score (nSPS) is 10.2. The number of rotatable bonds is 0. The summed E-state index contributed by atoms with van der Waals surface area (Å²) in [5, 5.41) is 7.91. The molecule has 2 N–H and O–H groups in total. The molecule has 4 rings (SSSR count). The van der Waals surface area contributed by atoms with Crippen LogP contribution in [0.15, 0.2) is 61.1 Å². The molecule has 4 aromatic rings. The van der Waals surface area contributed by atoms with E-state index in [0.29, 0.717) is 0 Å². The van der Waals surface area contributed by atoms with Crippen molar-refractivity contribution in [3.8, 4) is 0 Å². The Kier molecular flexibility index (Phi) is 2.75. The molecule has 0 aliphatic rings. The zero-order valence-electron chi connectivity index (χ0n) is 9.67. The topological polar surface area (TPSA) is 57.4 Å². The van der Waals surface area contributed by atoms with Gasteiger partial charge in [0, 0.05) is 17.8 Å². The van der Waals surface area contributed by atoms with E-state index in [-0.39, 0.29) is 0 Å². The van der Waals surface area contributed by atoms with Gasteiger partial charge in [0.15, 0.2) is 0 Å². The molecule has 0 fully saturated rings. The van der Waals surface area contributed by atoms with E-state index < -0.39 is 0 Å². The number of pyridine rings is 1. The highest BCUT2D eigenvalue weighted by Crippen LogP contribution is 2.07. The highest BCUT2D eigenvalue weighted by atomic mass is 15.1. The van der Waals surface area contributed by atoms with Crippen LogP contribution in [-0.4, -0.2) is 20.2 Å². The van der Waals surface area contributed by atoms with E-state index in [1.54, 1.807) is 6.20 Å². The molecule has 0 aliphatic carbocycles. The molecule has 0 aliphatic heterocycles. The van der Waals surface area contributed by atoms with Crippen molar-refractivity contribution in [2.75, 3.05) is 0 Å². The van der Waals surface area contributed by atoms with Gasteiger partial charge in [-0.1, -0.05) is 18.2 Å². The van der Waals surface area contributed by atoms with Crippen LogP contribution in [0.1, 0.15) is 0 Å². The van der Waals surface area contributed by atoms with Crippen LogP contribution in [0.4, 0.5) is 0 Å². The third-order valence-corrected chi connectivity index (χ3v) is 2.67. The molecule has 3 aromatic heterocycles. The SMILES string of the molecule is c1ccc2[nH]ncc2c1.c1cnc2cc[nH]c2c1. The summed E-state index contributed by atoms with van der Waals surface area (Å²) in [5.74, 6) is 0. The Balaban J connectivity index is 0.000000111. The summed E-state index contributed by atoms with van der Waals surface area (Å²) in [6, 6.07) is 13.9. The number of hydrogen-bond acceptors (Lipinski definition) is 2. The van der Waals surface area contributed by atoms with Crippen molar-refractivity contribution in [3.63, 3.8) is 0 Å². The molecule has 18 heavy (non-hydrogen) atoms. The van der Waals surface area contributed by atoms with Crippen molar-refractivity contribution >= 4 is 21.9 Å². The molecule has 4 heteroatoms. The van der Waals surface area contributed by atoms with Crippen LogP contribution in [0.3, 0.4) is 0 Å². The Morgan fingerprint density at radius 2 is 1.78 bits per heavy atom. The first-order chi connectivity index (χ1) is 8.93. The second-order valence-electron chi connectivity index (χ2n) is 3.87. The maximum absolute atomic E-state index is 4.11. The fourth-order valence-electron chi connectivity index (χ4n) is 1.77. The Bertz CT molecular complexity index is 628. The van der Waals surface area contributed by atoms with Crippen molar-refractivity contribution in [3.05, 3.63) is 61.1 Å². The van der Waals surface area contributed by atoms with Crippen LogP contribution >= 0.6 is 0 Å². The molecule has 0 saturated heterocycles. The average molecular weight is 236 g/mol. The Labute approximate surface area is 104 Å². The number of aromatic nitrogens is 4. The number of hydrogen-bond donors (Lipinski definition) is 2. The highest BCUT2D eigenvalue weighted by molar-refractivity contribution is 5.77. The van der Waals surface area contributed by atoms with Crippen molar-refractivity contribution in [1.82, 2.24) is 20.2 Å².